The highest BCUT2D eigenvalue weighted by Gasteiger charge is 2.38. The van der Waals surface area contributed by atoms with Crippen LogP contribution in [-0.4, -0.2) is 49.9 Å². The van der Waals surface area contributed by atoms with E-state index in [9.17, 15) is 26.0 Å². The number of nitrogens with zero attached hydrogens (tertiary/aromatic N) is 3. The fraction of sp³-hybridized carbons (Fsp3) is 0.333. The van der Waals surface area contributed by atoms with Crippen LogP contribution in [0.5, 0.6) is 0 Å². The van der Waals surface area contributed by atoms with Crippen LogP contribution in [0.25, 0.3) is 11.4 Å². The molecule has 26 heavy (non-hydrogen) atoms. The van der Waals surface area contributed by atoms with E-state index in [1.165, 1.54) is 4.90 Å². The van der Waals surface area contributed by atoms with Gasteiger partial charge in [-0.25, -0.2) is 9.37 Å². The fourth-order valence-electron chi connectivity index (χ4n) is 1.93. The summed E-state index contributed by atoms with van der Waals surface area (Å²) in [5.74, 6) is -2.88. The van der Waals surface area contributed by atoms with E-state index in [0.717, 1.165) is 37.7 Å². The van der Waals surface area contributed by atoms with Crippen LogP contribution >= 0.6 is 0 Å². The largest absolute Gasteiger partial charge is 0.396 e. The van der Waals surface area contributed by atoms with Gasteiger partial charge in [-0.2, -0.15) is 21.6 Å². The lowest BCUT2D eigenvalue weighted by Crippen LogP contribution is -2.17. The molecule has 11 heteroatoms. The molecule has 0 fully saturated rings. The monoisotopic (exact) mass is 392 g/mol. The van der Waals surface area contributed by atoms with Crippen molar-refractivity contribution in [1.29, 1.82) is 0 Å². The van der Waals surface area contributed by atoms with Crippen molar-refractivity contribution >= 4 is 16.4 Å². The fourth-order valence-corrected chi connectivity index (χ4v) is 2.86. The number of halogens is 4. The summed E-state index contributed by atoms with van der Waals surface area (Å²) in [4.78, 5) is 7.19. The molecular weight excluding hydrogens is 376 g/mol. The van der Waals surface area contributed by atoms with Crippen LogP contribution in [0.3, 0.4) is 0 Å². The summed E-state index contributed by atoms with van der Waals surface area (Å²) >= 11 is 0. The van der Waals surface area contributed by atoms with Crippen molar-refractivity contribution in [3.63, 3.8) is 0 Å². The number of hydrogen-bond acceptors (Lipinski definition) is 3. The smallest absolute Gasteiger partial charge is 0.368 e. The molecule has 1 N–H and O–H groups in total. The van der Waals surface area contributed by atoms with Gasteiger partial charge in [0.25, 0.3) is 10.0 Å². The first kappa shape index (κ1) is 19.9. The van der Waals surface area contributed by atoms with Crippen molar-refractivity contribution in [3.05, 3.63) is 35.9 Å². The Morgan fingerprint density at radius 1 is 1.31 bits per heavy atom. The number of aromatic nitrogens is 2. The molecule has 0 aliphatic carbocycles. The highest BCUT2D eigenvalue weighted by Crippen LogP contribution is 2.34. The second kappa shape index (κ2) is 7.06. The van der Waals surface area contributed by atoms with Crippen LogP contribution in [0, 0.1) is 5.82 Å². The van der Waals surface area contributed by atoms with Gasteiger partial charge in [0, 0.05) is 26.0 Å². The molecule has 0 unspecified atom stereocenters. The summed E-state index contributed by atoms with van der Waals surface area (Å²) in [6, 6.07) is 2.97. The molecule has 142 valence electrons. The molecule has 1 atom stereocenters. The zero-order chi connectivity index (χ0) is 19.7. The SMILES string of the molecule is C[C@@H](c1cnc(-c2ccc(S(=O)(=O)N=CN(C)C)cc2F)[nH]1)C(F)(F)F. The molecule has 0 aliphatic rings. The van der Waals surface area contributed by atoms with Crippen LogP contribution in [0.2, 0.25) is 0 Å². The van der Waals surface area contributed by atoms with Crippen molar-refractivity contribution in [2.45, 2.75) is 23.9 Å². The highest BCUT2D eigenvalue weighted by molar-refractivity contribution is 7.90. The lowest BCUT2D eigenvalue weighted by molar-refractivity contribution is -0.147. The molecule has 2 aromatic rings. The summed E-state index contributed by atoms with van der Waals surface area (Å²) in [5.41, 5.74) is -0.375. The van der Waals surface area contributed by atoms with E-state index in [4.69, 9.17) is 0 Å². The first-order chi connectivity index (χ1) is 11.9. The van der Waals surface area contributed by atoms with Gasteiger partial charge in [0.15, 0.2) is 0 Å². The van der Waals surface area contributed by atoms with E-state index in [2.05, 4.69) is 14.4 Å². The average Bonchev–Trinajstić information content (AvgIpc) is 3.00. The minimum atomic E-state index is -4.47. The van der Waals surface area contributed by atoms with Gasteiger partial charge in [-0.15, -0.1) is 4.40 Å². The Morgan fingerprint density at radius 3 is 2.50 bits per heavy atom. The van der Waals surface area contributed by atoms with Gasteiger partial charge in [-0.1, -0.05) is 0 Å². The maximum absolute atomic E-state index is 14.3. The molecule has 6 nitrogen and oxygen atoms in total. The molecule has 2 rings (SSSR count). The second-order valence-electron chi connectivity index (χ2n) is 5.75. The number of nitrogens with one attached hydrogen (secondary N) is 1. The molecule has 0 saturated heterocycles. The summed E-state index contributed by atoms with van der Waals surface area (Å²) in [6.45, 7) is 0.950. The third-order valence-electron chi connectivity index (χ3n) is 3.46. The number of imidazole rings is 1. The van der Waals surface area contributed by atoms with Crippen LogP contribution in [0.15, 0.2) is 33.7 Å². The standard InChI is InChI=1S/C15H16F4N4O2S/c1-9(15(17,18)19)13-7-20-14(22-13)11-5-4-10(6-12(11)16)26(24,25)21-8-23(2)3/h4-9H,1-3H3,(H,20,22)/t9-/m0/s1. The number of alkyl halides is 3. The number of hydrogen-bond donors (Lipinski definition) is 1. The van der Waals surface area contributed by atoms with Gasteiger partial charge in [0.05, 0.1) is 16.4 Å². The normalized spacial score (nSPS) is 14.0. The molecule has 1 heterocycles. The molecule has 0 radical (unpaired) electrons. The van der Waals surface area contributed by atoms with Crippen LogP contribution in [0.1, 0.15) is 18.5 Å². The summed E-state index contributed by atoms with van der Waals surface area (Å²) in [5, 5.41) is 0. The van der Waals surface area contributed by atoms with Crippen molar-refractivity contribution in [3.8, 4) is 11.4 Å². The Bertz CT molecular complexity index is 920. The average molecular weight is 392 g/mol. The minimum Gasteiger partial charge on any atom is -0.368 e. The van der Waals surface area contributed by atoms with Crippen LogP contribution in [0.4, 0.5) is 17.6 Å². The van der Waals surface area contributed by atoms with Gasteiger partial charge in [0.2, 0.25) is 0 Å². The van der Waals surface area contributed by atoms with Crippen LogP contribution in [-0.2, 0) is 10.0 Å². The third kappa shape index (κ3) is 4.40. The Hall–Kier alpha value is -2.43. The molecule has 0 amide bonds. The van der Waals surface area contributed by atoms with Gasteiger partial charge in [-0.05, 0) is 25.1 Å². The zero-order valence-corrected chi connectivity index (χ0v) is 14.9. The van der Waals surface area contributed by atoms with Crippen molar-refractivity contribution in [2.75, 3.05) is 14.1 Å². The lowest BCUT2D eigenvalue weighted by Gasteiger charge is -2.13. The molecule has 1 aromatic carbocycles. The molecule has 1 aromatic heterocycles. The van der Waals surface area contributed by atoms with E-state index in [1.807, 2.05) is 0 Å². The number of benzene rings is 1. The molecule has 0 spiro atoms. The molecule has 0 saturated carbocycles. The Balaban J connectivity index is 2.36. The van der Waals surface area contributed by atoms with Crippen molar-refractivity contribution in [2.24, 2.45) is 4.40 Å². The van der Waals surface area contributed by atoms with Crippen molar-refractivity contribution < 1.29 is 26.0 Å². The van der Waals surface area contributed by atoms with E-state index in [-0.39, 0.29) is 22.0 Å². The van der Waals surface area contributed by atoms with E-state index < -0.39 is 27.9 Å². The van der Waals surface area contributed by atoms with E-state index >= 15 is 0 Å². The maximum Gasteiger partial charge on any atom is 0.396 e. The predicted octanol–water partition coefficient (Wildman–Crippen LogP) is 3.16. The zero-order valence-electron chi connectivity index (χ0n) is 14.0. The van der Waals surface area contributed by atoms with Crippen molar-refractivity contribution in [1.82, 2.24) is 14.9 Å². The van der Waals surface area contributed by atoms with Gasteiger partial charge in [0.1, 0.15) is 18.0 Å². The Labute approximate surface area is 147 Å². The molecular formula is C15H16F4N4O2S. The molecule has 0 bridgehead atoms. The number of aromatic amines is 1. The maximum atomic E-state index is 14.3. The first-order valence-electron chi connectivity index (χ1n) is 7.30. The summed E-state index contributed by atoms with van der Waals surface area (Å²) in [6.07, 6.45) is -2.44. The quantitative estimate of drug-likeness (QED) is 0.482. The third-order valence-corrected chi connectivity index (χ3v) is 4.68. The minimum absolute atomic E-state index is 0.130. The first-order valence-corrected chi connectivity index (χ1v) is 8.74. The Kier molecular flexibility index (Phi) is 5.40. The van der Waals surface area contributed by atoms with E-state index in [1.54, 1.807) is 14.1 Å². The number of H-pyrrole nitrogens is 1. The predicted molar refractivity (Wildman–Crippen MR) is 87.8 cm³/mol. The summed E-state index contributed by atoms with van der Waals surface area (Å²) in [7, 11) is -0.959. The van der Waals surface area contributed by atoms with E-state index in [0.29, 0.717) is 0 Å². The lowest BCUT2D eigenvalue weighted by atomic mass is 10.1. The topological polar surface area (TPSA) is 78.4 Å². The Morgan fingerprint density at radius 2 is 1.96 bits per heavy atom. The second-order valence-corrected chi connectivity index (χ2v) is 7.38. The van der Waals surface area contributed by atoms with Gasteiger partial charge < -0.3 is 9.88 Å². The van der Waals surface area contributed by atoms with Gasteiger partial charge >= 0.3 is 6.18 Å². The van der Waals surface area contributed by atoms with Crippen LogP contribution < -0.4 is 0 Å². The molecule has 0 aliphatic heterocycles. The van der Waals surface area contributed by atoms with Gasteiger partial charge in [-0.3, -0.25) is 0 Å². The highest BCUT2D eigenvalue weighted by atomic mass is 32.2. The number of sulfonamides is 1. The summed E-state index contributed by atoms with van der Waals surface area (Å²) < 4.78 is 79.9. The number of rotatable bonds is 5.